The lowest BCUT2D eigenvalue weighted by Gasteiger charge is -2.35. The molecule has 2 aromatic rings. The molecule has 0 bridgehead atoms. The van der Waals surface area contributed by atoms with Gasteiger partial charge >= 0.3 is 0 Å². The van der Waals surface area contributed by atoms with Crippen LogP contribution < -0.4 is 10.2 Å². The van der Waals surface area contributed by atoms with Crippen LogP contribution in [0.3, 0.4) is 0 Å². The van der Waals surface area contributed by atoms with E-state index in [9.17, 15) is 0 Å². The van der Waals surface area contributed by atoms with Crippen molar-refractivity contribution in [3.63, 3.8) is 0 Å². The number of fused-ring (bicyclic) bond motifs is 1. The summed E-state index contributed by atoms with van der Waals surface area (Å²) in [6.07, 6.45) is 0. The largest absolute Gasteiger partial charge is 0.357 e. The Morgan fingerprint density at radius 1 is 1.12 bits per heavy atom. The quantitative estimate of drug-likeness (QED) is 0.873. The maximum atomic E-state index is 6.50. The van der Waals surface area contributed by atoms with Crippen LogP contribution >= 0.6 is 23.2 Å². The normalized spacial score (nSPS) is 21.1. The van der Waals surface area contributed by atoms with Crippen molar-refractivity contribution in [2.24, 2.45) is 0 Å². The molecule has 5 heteroatoms. The molecule has 1 N–H and O–H groups in total. The fourth-order valence-corrected chi connectivity index (χ4v) is 4.46. The van der Waals surface area contributed by atoms with Gasteiger partial charge in [-0.15, -0.1) is 0 Å². The summed E-state index contributed by atoms with van der Waals surface area (Å²) in [4.78, 5) is 4.75. The Hall–Kier alpha value is -1.26. The van der Waals surface area contributed by atoms with Crippen LogP contribution in [-0.2, 0) is 6.54 Å². The molecule has 0 radical (unpaired) electrons. The second-order valence-electron chi connectivity index (χ2n) is 6.69. The van der Waals surface area contributed by atoms with Crippen molar-refractivity contribution in [2.45, 2.75) is 12.5 Å². The molecule has 126 valence electrons. The molecule has 0 unspecified atom stereocenters. The fourth-order valence-electron chi connectivity index (χ4n) is 3.89. The summed E-state index contributed by atoms with van der Waals surface area (Å²) in [7, 11) is 2.15. The summed E-state index contributed by atoms with van der Waals surface area (Å²) >= 11 is 12.8. The number of nitrogens with zero attached hydrogens (tertiary/aromatic N) is 2. The second-order valence-corrected chi connectivity index (χ2v) is 7.53. The van der Waals surface area contributed by atoms with Crippen molar-refractivity contribution in [3.8, 4) is 0 Å². The van der Waals surface area contributed by atoms with Crippen LogP contribution in [0, 0.1) is 0 Å². The number of likely N-dealkylation sites (N-methyl/N-ethyl adjacent to an activating group) is 1. The first-order valence-electron chi connectivity index (χ1n) is 8.34. The molecule has 0 aromatic heterocycles. The van der Waals surface area contributed by atoms with Crippen molar-refractivity contribution in [1.82, 2.24) is 10.2 Å². The third kappa shape index (κ3) is 2.91. The zero-order valence-electron chi connectivity index (χ0n) is 13.7. The Bertz CT molecular complexity index is 756. The molecule has 0 spiro atoms. The van der Waals surface area contributed by atoms with Crippen molar-refractivity contribution >= 4 is 28.9 Å². The first kappa shape index (κ1) is 16.2. The Morgan fingerprint density at radius 2 is 1.96 bits per heavy atom. The van der Waals surface area contributed by atoms with Gasteiger partial charge in [-0.1, -0.05) is 41.4 Å². The number of benzene rings is 2. The maximum absolute atomic E-state index is 6.50. The van der Waals surface area contributed by atoms with Gasteiger partial charge in [0.2, 0.25) is 0 Å². The highest BCUT2D eigenvalue weighted by Crippen LogP contribution is 2.41. The number of hydrogen-bond donors (Lipinski definition) is 1. The van der Waals surface area contributed by atoms with Gasteiger partial charge < -0.3 is 9.80 Å². The van der Waals surface area contributed by atoms with Gasteiger partial charge in [-0.3, -0.25) is 5.32 Å². The molecule has 4 rings (SSSR count). The smallest absolute Gasteiger partial charge is 0.0683 e. The lowest BCUT2D eigenvalue weighted by atomic mass is 9.84. The Labute approximate surface area is 153 Å². The summed E-state index contributed by atoms with van der Waals surface area (Å²) < 4.78 is 0. The van der Waals surface area contributed by atoms with E-state index >= 15 is 0 Å². The molecule has 0 saturated carbocycles. The van der Waals surface area contributed by atoms with Gasteiger partial charge in [-0.25, -0.2) is 0 Å². The highest BCUT2D eigenvalue weighted by Gasteiger charge is 2.29. The van der Waals surface area contributed by atoms with Crippen LogP contribution in [0.5, 0.6) is 0 Å². The van der Waals surface area contributed by atoms with Crippen LogP contribution in [0.15, 0.2) is 36.4 Å². The van der Waals surface area contributed by atoms with Crippen molar-refractivity contribution in [2.75, 3.05) is 38.3 Å². The van der Waals surface area contributed by atoms with E-state index in [4.69, 9.17) is 23.2 Å². The minimum atomic E-state index is 0.284. The molecule has 0 aliphatic carbocycles. The number of nitrogens with one attached hydrogen (secondary N) is 1. The van der Waals surface area contributed by atoms with E-state index in [0.29, 0.717) is 5.02 Å². The van der Waals surface area contributed by atoms with Crippen LogP contribution in [0.4, 0.5) is 5.69 Å². The second kappa shape index (κ2) is 6.57. The molecule has 3 nitrogen and oxygen atoms in total. The maximum Gasteiger partial charge on any atom is 0.0683 e. The van der Waals surface area contributed by atoms with Gasteiger partial charge in [-0.05, 0) is 41.9 Å². The summed E-state index contributed by atoms with van der Waals surface area (Å²) in [5, 5.41) is 4.91. The van der Waals surface area contributed by atoms with Gasteiger partial charge in [0.15, 0.2) is 0 Å². The van der Waals surface area contributed by atoms with E-state index in [1.165, 1.54) is 22.4 Å². The monoisotopic (exact) mass is 361 g/mol. The van der Waals surface area contributed by atoms with Crippen LogP contribution in [0.1, 0.15) is 22.6 Å². The summed E-state index contributed by atoms with van der Waals surface area (Å²) in [5.74, 6) is 0.284. The van der Waals surface area contributed by atoms with E-state index in [-0.39, 0.29) is 5.92 Å². The first-order chi connectivity index (χ1) is 11.6. The van der Waals surface area contributed by atoms with E-state index in [2.05, 4.69) is 52.5 Å². The highest BCUT2D eigenvalue weighted by molar-refractivity contribution is 6.35. The summed E-state index contributed by atoms with van der Waals surface area (Å²) in [6, 6.07) is 12.7. The minimum Gasteiger partial charge on any atom is -0.357 e. The molecule has 2 aliphatic heterocycles. The summed E-state index contributed by atoms with van der Waals surface area (Å²) in [6.45, 7) is 4.83. The lowest BCUT2D eigenvalue weighted by Crippen LogP contribution is -2.32. The van der Waals surface area contributed by atoms with Crippen molar-refractivity contribution in [1.29, 1.82) is 0 Å². The SMILES string of the molecule is CN1Cc2c(Cl)cc(Cl)cc2[C@H](c2ccccc2N2CCNC2)C1. The molecular formula is C19H21Cl2N3. The van der Waals surface area contributed by atoms with Crippen molar-refractivity contribution in [3.05, 3.63) is 63.1 Å². The molecule has 24 heavy (non-hydrogen) atoms. The lowest BCUT2D eigenvalue weighted by molar-refractivity contribution is 0.295. The molecule has 1 saturated heterocycles. The zero-order chi connectivity index (χ0) is 16.7. The number of rotatable bonds is 2. The molecule has 0 amide bonds. The number of anilines is 1. The van der Waals surface area contributed by atoms with Crippen LogP contribution in [-0.4, -0.2) is 38.3 Å². The first-order valence-corrected chi connectivity index (χ1v) is 9.10. The van der Waals surface area contributed by atoms with E-state index in [1.807, 2.05) is 6.07 Å². The molecule has 1 atom stereocenters. The van der Waals surface area contributed by atoms with Gasteiger partial charge in [0, 0.05) is 47.8 Å². The molecular weight excluding hydrogens is 341 g/mol. The van der Waals surface area contributed by atoms with Gasteiger partial charge in [-0.2, -0.15) is 0 Å². The van der Waals surface area contributed by atoms with E-state index in [1.54, 1.807) is 0 Å². The molecule has 2 heterocycles. The Balaban J connectivity index is 1.84. The number of para-hydroxylation sites is 1. The third-order valence-electron chi connectivity index (χ3n) is 5.01. The predicted octanol–water partition coefficient (Wildman–Crippen LogP) is 3.94. The average Bonchev–Trinajstić information content (AvgIpc) is 3.09. The Morgan fingerprint density at radius 3 is 2.75 bits per heavy atom. The topological polar surface area (TPSA) is 18.5 Å². The number of halogens is 2. The fraction of sp³-hybridized carbons (Fsp3) is 0.368. The average molecular weight is 362 g/mol. The predicted molar refractivity (Wildman–Crippen MR) is 101 cm³/mol. The minimum absolute atomic E-state index is 0.284. The van der Waals surface area contributed by atoms with E-state index < -0.39 is 0 Å². The van der Waals surface area contributed by atoms with Crippen LogP contribution in [0.25, 0.3) is 0 Å². The number of hydrogen-bond acceptors (Lipinski definition) is 3. The van der Waals surface area contributed by atoms with Crippen LogP contribution in [0.2, 0.25) is 10.0 Å². The molecule has 1 fully saturated rings. The zero-order valence-corrected chi connectivity index (χ0v) is 15.2. The van der Waals surface area contributed by atoms with Crippen molar-refractivity contribution < 1.29 is 0 Å². The molecule has 2 aliphatic rings. The van der Waals surface area contributed by atoms with Gasteiger partial charge in [0.25, 0.3) is 0 Å². The van der Waals surface area contributed by atoms with E-state index in [0.717, 1.165) is 37.9 Å². The standard InChI is InChI=1S/C19H21Cl2N3/c1-23-10-16(15-8-13(20)9-18(21)17(15)11-23)14-4-2-3-5-19(14)24-7-6-22-12-24/h2-5,8-9,16,22H,6-7,10-12H2,1H3/t16-/m0/s1. The van der Waals surface area contributed by atoms with Gasteiger partial charge in [0.1, 0.15) is 0 Å². The van der Waals surface area contributed by atoms with Gasteiger partial charge in [0.05, 0.1) is 6.67 Å². The highest BCUT2D eigenvalue weighted by atomic mass is 35.5. The molecule has 2 aromatic carbocycles. The Kier molecular flexibility index (Phi) is 4.44. The summed E-state index contributed by atoms with van der Waals surface area (Å²) in [5.41, 5.74) is 5.14. The third-order valence-corrected chi connectivity index (χ3v) is 5.56.